The third-order valence-corrected chi connectivity index (χ3v) is 4.44. The molecule has 0 spiro atoms. The first kappa shape index (κ1) is 15.5. The van der Waals surface area contributed by atoms with Crippen molar-refractivity contribution in [1.82, 2.24) is 0 Å². The zero-order chi connectivity index (χ0) is 14.0. The molecule has 0 N–H and O–H groups in total. The van der Waals surface area contributed by atoms with E-state index in [1.54, 1.807) is 0 Å². The Bertz CT molecular complexity index is 288. The van der Waals surface area contributed by atoms with Crippen LogP contribution in [-0.2, 0) is 14.3 Å². The van der Waals surface area contributed by atoms with Gasteiger partial charge in [0, 0.05) is 12.8 Å². The number of hydrogen-bond acceptors (Lipinski definition) is 3. The van der Waals surface area contributed by atoms with Gasteiger partial charge in [0.05, 0.1) is 11.5 Å². The summed E-state index contributed by atoms with van der Waals surface area (Å²) in [5.41, 5.74) is -0.366. The van der Waals surface area contributed by atoms with Crippen LogP contribution in [0.2, 0.25) is 0 Å². The van der Waals surface area contributed by atoms with Gasteiger partial charge in [-0.05, 0) is 18.8 Å². The van der Waals surface area contributed by atoms with Crippen LogP contribution in [0.5, 0.6) is 0 Å². The lowest BCUT2D eigenvalue weighted by molar-refractivity contribution is -0.328. The fourth-order valence-electron chi connectivity index (χ4n) is 3.17. The maximum atomic E-state index is 12.4. The Hall–Kier alpha value is -0.570. The summed E-state index contributed by atoms with van der Waals surface area (Å²) in [5.74, 6) is -0.708. The largest absolute Gasteiger partial charge is 0.433 e. The molecule has 0 aromatic carbocycles. The topological polar surface area (TPSA) is 35.5 Å². The van der Waals surface area contributed by atoms with Crippen LogP contribution in [0.3, 0.4) is 0 Å². The van der Waals surface area contributed by atoms with Gasteiger partial charge in [-0.1, -0.05) is 41.5 Å². The van der Waals surface area contributed by atoms with Crippen LogP contribution in [0.25, 0.3) is 0 Å². The first-order chi connectivity index (χ1) is 8.40. The van der Waals surface area contributed by atoms with Crippen molar-refractivity contribution in [3.63, 3.8) is 0 Å². The highest BCUT2D eigenvalue weighted by atomic mass is 16.7. The van der Waals surface area contributed by atoms with Gasteiger partial charge >= 0.3 is 5.97 Å². The van der Waals surface area contributed by atoms with E-state index in [4.69, 9.17) is 9.47 Å². The second-order valence-corrected chi connectivity index (χ2v) is 5.63. The first-order valence-electron chi connectivity index (χ1n) is 7.33. The van der Waals surface area contributed by atoms with E-state index < -0.39 is 5.79 Å². The quantitative estimate of drug-likeness (QED) is 0.700. The van der Waals surface area contributed by atoms with E-state index in [1.807, 2.05) is 13.8 Å². The lowest BCUT2D eigenvalue weighted by Gasteiger charge is -2.51. The Morgan fingerprint density at radius 2 is 1.56 bits per heavy atom. The summed E-state index contributed by atoms with van der Waals surface area (Å²) < 4.78 is 12.0. The Labute approximate surface area is 111 Å². The molecule has 1 rings (SSSR count). The van der Waals surface area contributed by atoms with Gasteiger partial charge in [-0.15, -0.1) is 0 Å². The molecule has 3 nitrogen and oxygen atoms in total. The van der Waals surface area contributed by atoms with E-state index in [-0.39, 0.29) is 23.4 Å². The van der Waals surface area contributed by atoms with Gasteiger partial charge < -0.3 is 9.47 Å². The number of esters is 1. The Kier molecular flexibility index (Phi) is 4.82. The molecule has 18 heavy (non-hydrogen) atoms. The van der Waals surface area contributed by atoms with Crippen LogP contribution in [0.1, 0.15) is 67.2 Å². The molecule has 1 atom stereocenters. The van der Waals surface area contributed by atoms with Crippen molar-refractivity contribution < 1.29 is 14.3 Å². The number of cyclic esters (lactones) is 1. The molecule has 0 aliphatic carbocycles. The van der Waals surface area contributed by atoms with Crippen molar-refractivity contribution in [3.05, 3.63) is 0 Å². The zero-order valence-electron chi connectivity index (χ0n) is 12.7. The predicted molar refractivity (Wildman–Crippen MR) is 72.1 cm³/mol. The molecular weight excluding hydrogens is 228 g/mol. The summed E-state index contributed by atoms with van der Waals surface area (Å²) >= 11 is 0. The lowest BCUT2D eigenvalue weighted by atomic mass is 9.74. The molecule has 0 aromatic heterocycles. The molecule has 106 valence electrons. The molecule has 0 radical (unpaired) electrons. The highest BCUT2D eigenvalue weighted by molar-refractivity contribution is 5.75. The molecule has 0 saturated carbocycles. The molecular formula is C15H28O3. The molecule has 1 fully saturated rings. The van der Waals surface area contributed by atoms with Gasteiger partial charge in [-0.2, -0.15) is 0 Å². The molecule has 1 saturated heterocycles. The van der Waals surface area contributed by atoms with Crippen LogP contribution in [0.15, 0.2) is 0 Å². The van der Waals surface area contributed by atoms with Gasteiger partial charge in [-0.3, -0.25) is 4.79 Å². The van der Waals surface area contributed by atoms with Gasteiger partial charge in [-0.25, -0.2) is 0 Å². The summed E-state index contributed by atoms with van der Waals surface area (Å²) in [4.78, 5) is 12.4. The molecule has 1 aliphatic rings. The second kappa shape index (κ2) is 5.60. The van der Waals surface area contributed by atoms with E-state index in [9.17, 15) is 4.79 Å². The van der Waals surface area contributed by atoms with Crippen molar-refractivity contribution in [1.29, 1.82) is 0 Å². The van der Waals surface area contributed by atoms with Crippen molar-refractivity contribution >= 4 is 5.97 Å². The van der Waals surface area contributed by atoms with Crippen LogP contribution < -0.4 is 0 Å². The summed E-state index contributed by atoms with van der Waals surface area (Å²) in [6, 6.07) is 0. The van der Waals surface area contributed by atoms with Crippen molar-refractivity contribution in [3.8, 4) is 0 Å². The number of rotatable bonds is 5. The summed E-state index contributed by atoms with van der Waals surface area (Å²) in [5, 5.41) is 0. The molecule has 0 aromatic rings. The summed E-state index contributed by atoms with van der Waals surface area (Å²) in [6.07, 6.45) is 3.12. The van der Waals surface area contributed by atoms with E-state index >= 15 is 0 Å². The first-order valence-corrected chi connectivity index (χ1v) is 7.33. The number of ether oxygens (including phenoxy) is 2. The normalized spacial score (nSPS) is 26.2. The van der Waals surface area contributed by atoms with E-state index in [2.05, 4.69) is 27.7 Å². The smallest absolute Gasteiger partial charge is 0.314 e. The Morgan fingerprint density at radius 1 is 1.06 bits per heavy atom. The van der Waals surface area contributed by atoms with Crippen molar-refractivity contribution in [2.24, 2.45) is 11.8 Å². The molecule has 0 amide bonds. The average Bonchev–Trinajstić information content (AvgIpc) is 2.36. The Morgan fingerprint density at radius 3 is 1.89 bits per heavy atom. The number of carbonyl (C=O) groups excluding carboxylic acids is 1. The lowest BCUT2D eigenvalue weighted by Crippen LogP contribution is -2.60. The van der Waals surface area contributed by atoms with E-state index in [0.29, 0.717) is 12.8 Å². The molecule has 0 bridgehead atoms. The van der Waals surface area contributed by atoms with Crippen LogP contribution in [0, 0.1) is 11.8 Å². The number of hydrogen-bond donors (Lipinski definition) is 0. The monoisotopic (exact) mass is 256 g/mol. The molecule has 1 aliphatic heterocycles. The summed E-state index contributed by atoms with van der Waals surface area (Å²) in [6.45, 7) is 12.4. The standard InChI is InChI=1S/C15H28O3/c1-7-14(8-2)12(11(5)6)13(16)17-15(9-3,10-4)18-14/h11-12H,7-10H2,1-6H3. The maximum Gasteiger partial charge on any atom is 0.314 e. The van der Waals surface area contributed by atoms with E-state index in [1.165, 1.54) is 0 Å². The molecule has 1 heterocycles. The highest BCUT2D eigenvalue weighted by Gasteiger charge is 2.54. The Balaban J connectivity index is 3.17. The van der Waals surface area contributed by atoms with E-state index in [0.717, 1.165) is 12.8 Å². The minimum atomic E-state index is -0.714. The van der Waals surface area contributed by atoms with Crippen molar-refractivity contribution in [2.45, 2.75) is 78.6 Å². The minimum Gasteiger partial charge on any atom is -0.433 e. The SMILES string of the molecule is CCC1(CC)OC(=O)C(C(C)C)C(CC)(CC)O1. The highest BCUT2D eigenvalue weighted by Crippen LogP contribution is 2.45. The maximum absolute atomic E-state index is 12.4. The average molecular weight is 256 g/mol. The predicted octanol–water partition coefficient (Wildman–Crippen LogP) is 3.91. The summed E-state index contributed by atoms with van der Waals surface area (Å²) in [7, 11) is 0. The van der Waals surface area contributed by atoms with Gasteiger partial charge in [0.15, 0.2) is 0 Å². The fourth-order valence-corrected chi connectivity index (χ4v) is 3.17. The van der Waals surface area contributed by atoms with Crippen LogP contribution in [-0.4, -0.2) is 17.4 Å². The van der Waals surface area contributed by atoms with Gasteiger partial charge in [0.25, 0.3) is 0 Å². The minimum absolute atomic E-state index is 0.0800. The second-order valence-electron chi connectivity index (χ2n) is 5.63. The van der Waals surface area contributed by atoms with Gasteiger partial charge in [0.2, 0.25) is 5.79 Å². The fraction of sp³-hybridized carbons (Fsp3) is 0.933. The van der Waals surface area contributed by atoms with Crippen LogP contribution in [0.4, 0.5) is 0 Å². The third-order valence-electron chi connectivity index (χ3n) is 4.44. The number of carbonyl (C=O) groups is 1. The molecule has 3 heteroatoms. The van der Waals surface area contributed by atoms with Gasteiger partial charge in [0.1, 0.15) is 0 Å². The molecule has 1 unspecified atom stereocenters. The third kappa shape index (κ3) is 2.42. The van der Waals surface area contributed by atoms with Crippen LogP contribution >= 0.6 is 0 Å². The van der Waals surface area contributed by atoms with Crippen molar-refractivity contribution in [2.75, 3.05) is 0 Å². The zero-order valence-corrected chi connectivity index (χ0v) is 12.7.